The van der Waals surface area contributed by atoms with Crippen LogP contribution in [0.4, 0.5) is 5.69 Å². The van der Waals surface area contributed by atoms with E-state index in [1.807, 2.05) is 12.1 Å². The van der Waals surface area contributed by atoms with E-state index in [4.69, 9.17) is 0 Å². The summed E-state index contributed by atoms with van der Waals surface area (Å²) in [6, 6.07) is 12.5. The Morgan fingerprint density at radius 2 is 1.90 bits per heavy atom. The van der Waals surface area contributed by atoms with E-state index >= 15 is 0 Å². The summed E-state index contributed by atoms with van der Waals surface area (Å²) >= 11 is 3.35. The molecular weight excluding hydrogens is 332 g/mol. The Morgan fingerprint density at radius 3 is 2.62 bits per heavy atom. The van der Waals surface area contributed by atoms with Crippen LogP contribution in [0, 0.1) is 0 Å². The lowest BCUT2D eigenvalue weighted by Crippen LogP contribution is -2.14. The van der Waals surface area contributed by atoms with Crippen molar-refractivity contribution in [3.05, 3.63) is 71.1 Å². The van der Waals surface area contributed by atoms with Gasteiger partial charge in [0.1, 0.15) is 0 Å². The number of rotatable bonds is 3. The van der Waals surface area contributed by atoms with Gasteiger partial charge in [0.05, 0.1) is 5.69 Å². The molecule has 0 bridgehead atoms. The van der Waals surface area contributed by atoms with Gasteiger partial charge in [0, 0.05) is 28.6 Å². The Morgan fingerprint density at radius 1 is 1.10 bits per heavy atom. The molecule has 0 aliphatic carbocycles. The van der Waals surface area contributed by atoms with Gasteiger partial charge in [0.25, 0.3) is 5.91 Å². The zero-order chi connectivity index (χ0) is 14.7. The fourth-order valence-corrected chi connectivity index (χ4v) is 2.13. The van der Waals surface area contributed by atoms with Gasteiger partial charge in [0.2, 0.25) is 0 Å². The van der Waals surface area contributed by atoms with Crippen LogP contribution in [-0.4, -0.2) is 20.7 Å². The predicted molar refractivity (Wildman–Crippen MR) is 83.5 cm³/mol. The number of nitrogens with one attached hydrogen (secondary N) is 1. The maximum Gasteiger partial charge on any atom is 0.255 e. The van der Waals surface area contributed by atoms with Gasteiger partial charge in [-0.1, -0.05) is 15.9 Å². The molecule has 104 valence electrons. The number of nitrogens with zero attached hydrogens (tertiary/aromatic N) is 3. The molecule has 0 aliphatic rings. The highest BCUT2D eigenvalue weighted by molar-refractivity contribution is 9.10. The summed E-state index contributed by atoms with van der Waals surface area (Å²) in [5.41, 5.74) is 1.18. The van der Waals surface area contributed by atoms with Crippen LogP contribution in [0.25, 0.3) is 5.82 Å². The molecule has 2 aromatic heterocycles. The van der Waals surface area contributed by atoms with Gasteiger partial charge in [-0.2, -0.15) is 5.10 Å². The van der Waals surface area contributed by atoms with Crippen molar-refractivity contribution in [3.8, 4) is 5.82 Å². The third kappa shape index (κ3) is 3.00. The summed E-state index contributed by atoms with van der Waals surface area (Å²) in [5.74, 6) is 0.386. The monoisotopic (exact) mass is 342 g/mol. The standard InChI is InChI=1S/C15H11BrN4O/c16-12-6-4-11(5-7-12)15(21)19-13-3-1-8-17-14(13)20-10-2-9-18-20/h1-10H,(H,19,21). The maximum atomic E-state index is 12.3. The minimum atomic E-state index is -0.191. The third-order valence-corrected chi connectivity index (χ3v) is 3.39. The number of halogens is 1. The van der Waals surface area contributed by atoms with Gasteiger partial charge in [-0.25, -0.2) is 9.67 Å². The van der Waals surface area contributed by atoms with Crippen LogP contribution in [-0.2, 0) is 0 Å². The van der Waals surface area contributed by atoms with Gasteiger partial charge in [-0.05, 0) is 42.5 Å². The summed E-state index contributed by atoms with van der Waals surface area (Å²) in [6.07, 6.45) is 5.10. The zero-order valence-corrected chi connectivity index (χ0v) is 12.5. The Hall–Kier alpha value is -2.47. The molecular formula is C15H11BrN4O. The number of hydrogen-bond acceptors (Lipinski definition) is 3. The highest BCUT2D eigenvalue weighted by Gasteiger charge is 2.11. The van der Waals surface area contributed by atoms with Crippen molar-refractivity contribution in [1.82, 2.24) is 14.8 Å². The van der Waals surface area contributed by atoms with Crippen LogP contribution in [0.15, 0.2) is 65.5 Å². The molecule has 0 aliphatic heterocycles. The summed E-state index contributed by atoms with van der Waals surface area (Å²) in [4.78, 5) is 16.5. The van der Waals surface area contributed by atoms with Gasteiger partial charge in [-0.15, -0.1) is 0 Å². The van der Waals surface area contributed by atoms with Crippen molar-refractivity contribution in [2.45, 2.75) is 0 Å². The number of benzene rings is 1. The SMILES string of the molecule is O=C(Nc1cccnc1-n1cccn1)c1ccc(Br)cc1. The molecule has 2 heterocycles. The van der Waals surface area contributed by atoms with E-state index in [2.05, 4.69) is 31.3 Å². The lowest BCUT2D eigenvalue weighted by molar-refractivity contribution is 0.102. The van der Waals surface area contributed by atoms with Crippen molar-refractivity contribution in [1.29, 1.82) is 0 Å². The van der Waals surface area contributed by atoms with Crippen LogP contribution >= 0.6 is 15.9 Å². The summed E-state index contributed by atoms with van der Waals surface area (Å²) < 4.78 is 2.54. The van der Waals surface area contributed by atoms with Gasteiger partial charge in [-0.3, -0.25) is 4.79 Å². The average molecular weight is 343 g/mol. The molecule has 0 unspecified atom stereocenters. The third-order valence-electron chi connectivity index (χ3n) is 2.86. The molecule has 0 saturated carbocycles. The number of amides is 1. The largest absolute Gasteiger partial charge is 0.319 e. The predicted octanol–water partition coefficient (Wildman–Crippen LogP) is 3.28. The fourth-order valence-electron chi connectivity index (χ4n) is 1.87. The number of pyridine rings is 1. The van der Waals surface area contributed by atoms with E-state index in [0.717, 1.165) is 4.47 Å². The molecule has 5 nitrogen and oxygen atoms in total. The second-order valence-corrected chi connectivity index (χ2v) is 5.20. The van der Waals surface area contributed by atoms with E-state index in [1.54, 1.807) is 53.6 Å². The first kappa shape index (κ1) is 13.5. The molecule has 0 spiro atoms. The van der Waals surface area contributed by atoms with E-state index in [0.29, 0.717) is 17.1 Å². The van der Waals surface area contributed by atoms with Crippen LogP contribution in [0.1, 0.15) is 10.4 Å². The minimum Gasteiger partial charge on any atom is -0.319 e. The topological polar surface area (TPSA) is 59.8 Å². The lowest BCUT2D eigenvalue weighted by Gasteiger charge is -2.10. The average Bonchev–Trinajstić information content (AvgIpc) is 3.02. The van der Waals surface area contributed by atoms with E-state index in [9.17, 15) is 4.79 Å². The highest BCUT2D eigenvalue weighted by atomic mass is 79.9. The quantitative estimate of drug-likeness (QED) is 0.794. The van der Waals surface area contributed by atoms with Crippen LogP contribution in [0.5, 0.6) is 0 Å². The Kier molecular flexibility index (Phi) is 3.79. The van der Waals surface area contributed by atoms with E-state index < -0.39 is 0 Å². The lowest BCUT2D eigenvalue weighted by atomic mass is 10.2. The molecule has 1 N–H and O–H groups in total. The fraction of sp³-hybridized carbons (Fsp3) is 0. The van der Waals surface area contributed by atoms with Crippen LogP contribution in [0.2, 0.25) is 0 Å². The van der Waals surface area contributed by atoms with Crippen molar-refractivity contribution in [3.63, 3.8) is 0 Å². The summed E-state index contributed by atoms with van der Waals surface area (Å²) in [7, 11) is 0. The number of hydrogen-bond donors (Lipinski definition) is 1. The molecule has 0 atom stereocenters. The Balaban J connectivity index is 1.88. The molecule has 0 radical (unpaired) electrons. The van der Waals surface area contributed by atoms with Gasteiger partial charge >= 0.3 is 0 Å². The van der Waals surface area contributed by atoms with Crippen molar-refractivity contribution in [2.24, 2.45) is 0 Å². The van der Waals surface area contributed by atoms with E-state index in [1.165, 1.54) is 0 Å². The van der Waals surface area contributed by atoms with Crippen molar-refractivity contribution >= 4 is 27.5 Å². The van der Waals surface area contributed by atoms with Crippen molar-refractivity contribution in [2.75, 3.05) is 5.32 Å². The van der Waals surface area contributed by atoms with Gasteiger partial charge in [0.15, 0.2) is 5.82 Å². The van der Waals surface area contributed by atoms with Crippen molar-refractivity contribution < 1.29 is 4.79 Å². The zero-order valence-electron chi connectivity index (χ0n) is 10.9. The first-order valence-electron chi connectivity index (χ1n) is 6.26. The maximum absolute atomic E-state index is 12.3. The summed E-state index contributed by atoms with van der Waals surface area (Å²) in [6.45, 7) is 0. The molecule has 0 saturated heterocycles. The molecule has 3 aromatic rings. The summed E-state index contributed by atoms with van der Waals surface area (Å²) in [5, 5.41) is 6.99. The number of aromatic nitrogens is 3. The van der Waals surface area contributed by atoms with Crippen LogP contribution in [0.3, 0.4) is 0 Å². The molecule has 3 rings (SSSR count). The second-order valence-electron chi connectivity index (χ2n) is 4.29. The minimum absolute atomic E-state index is 0.191. The molecule has 21 heavy (non-hydrogen) atoms. The number of anilines is 1. The van der Waals surface area contributed by atoms with Crippen LogP contribution < -0.4 is 5.32 Å². The molecule has 1 amide bonds. The van der Waals surface area contributed by atoms with Gasteiger partial charge < -0.3 is 5.32 Å². The molecule has 6 heteroatoms. The second kappa shape index (κ2) is 5.88. The molecule has 1 aromatic carbocycles. The number of carbonyl (C=O) groups excluding carboxylic acids is 1. The number of carbonyl (C=O) groups is 1. The Bertz CT molecular complexity index is 754. The first-order chi connectivity index (χ1) is 10.2. The Labute approximate surface area is 129 Å². The molecule has 0 fully saturated rings. The smallest absolute Gasteiger partial charge is 0.255 e. The van der Waals surface area contributed by atoms with E-state index in [-0.39, 0.29) is 5.91 Å². The normalized spacial score (nSPS) is 10.3. The highest BCUT2D eigenvalue weighted by Crippen LogP contribution is 2.18. The first-order valence-corrected chi connectivity index (χ1v) is 7.05.